The van der Waals surface area contributed by atoms with Gasteiger partial charge in [-0.1, -0.05) is 74.0 Å². The number of hydrogen-bond acceptors (Lipinski definition) is 5. The summed E-state index contributed by atoms with van der Waals surface area (Å²) in [5, 5.41) is 12.4. The lowest BCUT2D eigenvalue weighted by atomic mass is 9.93. The molecule has 0 fully saturated rings. The van der Waals surface area contributed by atoms with Gasteiger partial charge in [0.25, 0.3) is 5.91 Å². The highest BCUT2D eigenvalue weighted by Gasteiger charge is 2.23. The second kappa shape index (κ2) is 15.4. The van der Waals surface area contributed by atoms with E-state index in [0.717, 1.165) is 64.2 Å². The van der Waals surface area contributed by atoms with Crippen LogP contribution in [-0.2, 0) is 29.2 Å². The minimum atomic E-state index is -1.04. The topological polar surface area (TPSA) is 88.8 Å². The minimum absolute atomic E-state index is 0.334. The van der Waals surface area contributed by atoms with Crippen LogP contribution in [0.3, 0.4) is 0 Å². The molecule has 1 heterocycles. The Morgan fingerprint density at radius 3 is 2.45 bits per heavy atom. The number of furan rings is 1. The smallest absolute Gasteiger partial charge is 0.326 e. The van der Waals surface area contributed by atoms with Gasteiger partial charge in [-0.2, -0.15) is 11.8 Å². The third-order valence-electron chi connectivity index (χ3n) is 7.23. The average molecular weight is 586 g/mol. The Kier molecular flexibility index (Phi) is 11.4. The summed E-state index contributed by atoms with van der Waals surface area (Å²) >= 11 is 1.55. The molecule has 42 heavy (non-hydrogen) atoms. The van der Waals surface area contributed by atoms with Crippen LogP contribution in [0.2, 0.25) is 0 Å². The summed E-state index contributed by atoms with van der Waals surface area (Å²) in [6.07, 6.45) is 5.37. The lowest BCUT2D eigenvalue weighted by molar-refractivity contribution is -0.139. The number of carbonyl (C=O) groups excluding carboxylic acids is 1. The molecule has 6 nitrogen and oxygen atoms in total. The molecular formula is C35H39NO5S. The van der Waals surface area contributed by atoms with Crippen molar-refractivity contribution in [1.29, 1.82) is 0 Å². The van der Waals surface area contributed by atoms with Crippen molar-refractivity contribution in [2.24, 2.45) is 0 Å². The highest BCUT2D eigenvalue weighted by atomic mass is 32.2. The van der Waals surface area contributed by atoms with Crippen LogP contribution in [0, 0.1) is 6.92 Å². The van der Waals surface area contributed by atoms with E-state index in [1.54, 1.807) is 17.8 Å². The normalized spacial score (nSPS) is 11.8. The van der Waals surface area contributed by atoms with Gasteiger partial charge in [0, 0.05) is 11.1 Å². The molecule has 0 bridgehead atoms. The number of unbranched alkanes of at least 4 members (excludes halogenated alkanes) is 1. The number of hydrogen-bond donors (Lipinski definition) is 2. The first-order valence-corrected chi connectivity index (χ1v) is 15.8. The van der Waals surface area contributed by atoms with Crippen LogP contribution in [0.15, 0.2) is 83.3 Å². The first-order valence-electron chi connectivity index (χ1n) is 14.4. The molecule has 0 aliphatic heterocycles. The van der Waals surface area contributed by atoms with Gasteiger partial charge in [0.1, 0.15) is 24.2 Å². The first-order chi connectivity index (χ1) is 20.4. The summed E-state index contributed by atoms with van der Waals surface area (Å²) in [6, 6.07) is 24.7. The summed E-state index contributed by atoms with van der Waals surface area (Å²) in [6.45, 7) is 4.85. The number of nitrogens with one attached hydrogen (secondary N) is 1. The van der Waals surface area contributed by atoms with Crippen molar-refractivity contribution in [3.05, 3.63) is 107 Å². The van der Waals surface area contributed by atoms with E-state index in [0.29, 0.717) is 31.0 Å². The molecule has 1 aromatic heterocycles. The second-order valence-electron chi connectivity index (χ2n) is 10.4. The first kappa shape index (κ1) is 31.1. The second-order valence-corrected chi connectivity index (χ2v) is 11.3. The molecule has 0 unspecified atom stereocenters. The highest BCUT2D eigenvalue weighted by Crippen LogP contribution is 2.30. The van der Waals surface area contributed by atoms with Gasteiger partial charge in [-0.25, -0.2) is 4.79 Å². The van der Waals surface area contributed by atoms with Crippen molar-refractivity contribution in [3.63, 3.8) is 0 Å². The van der Waals surface area contributed by atoms with Crippen molar-refractivity contribution in [3.8, 4) is 22.5 Å². The molecule has 3 aromatic carbocycles. The molecule has 4 rings (SSSR count). The number of carboxylic acids is 1. The number of benzene rings is 3. The van der Waals surface area contributed by atoms with Crippen LogP contribution in [0.4, 0.5) is 0 Å². The van der Waals surface area contributed by atoms with E-state index in [-0.39, 0.29) is 0 Å². The summed E-state index contributed by atoms with van der Waals surface area (Å²) in [7, 11) is 0. The van der Waals surface area contributed by atoms with E-state index in [2.05, 4.69) is 18.3 Å². The van der Waals surface area contributed by atoms with Crippen LogP contribution >= 0.6 is 11.8 Å². The van der Waals surface area contributed by atoms with Gasteiger partial charge >= 0.3 is 5.97 Å². The Labute approximate surface area is 252 Å². The predicted molar refractivity (Wildman–Crippen MR) is 170 cm³/mol. The highest BCUT2D eigenvalue weighted by molar-refractivity contribution is 7.98. The third kappa shape index (κ3) is 8.14. The fourth-order valence-electron chi connectivity index (χ4n) is 4.88. The van der Waals surface area contributed by atoms with Crippen LogP contribution in [0.25, 0.3) is 22.5 Å². The van der Waals surface area contributed by atoms with Gasteiger partial charge in [-0.15, -0.1) is 0 Å². The van der Waals surface area contributed by atoms with Gasteiger partial charge in [0.05, 0.1) is 6.61 Å². The van der Waals surface area contributed by atoms with E-state index < -0.39 is 17.9 Å². The molecule has 2 N–H and O–H groups in total. The maximum absolute atomic E-state index is 13.4. The summed E-state index contributed by atoms with van der Waals surface area (Å²) in [5.41, 5.74) is 6.23. The molecule has 1 atom stereocenters. The molecule has 0 saturated heterocycles. The Morgan fingerprint density at radius 2 is 1.74 bits per heavy atom. The van der Waals surface area contributed by atoms with Crippen LogP contribution in [-0.4, -0.2) is 35.0 Å². The zero-order valence-electron chi connectivity index (χ0n) is 24.5. The van der Waals surface area contributed by atoms with Crippen LogP contribution in [0.1, 0.15) is 59.0 Å². The van der Waals surface area contributed by atoms with E-state index in [4.69, 9.17) is 9.15 Å². The number of rotatable bonds is 15. The minimum Gasteiger partial charge on any atom is -0.480 e. The largest absolute Gasteiger partial charge is 0.480 e. The molecule has 0 aliphatic rings. The Morgan fingerprint density at radius 1 is 0.976 bits per heavy atom. The van der Waals surface area contributed by atoms with Crippen molar-refractivity contribution in [1.82, 2.24) is 5.32 Å². The molecule has 220 valence electrons. The Balaban J connectivity index is 1.55. The van der Waals surface area contributed by atoms with Crippen molar-refractivity contribution in [2.45, 2.75) is 58.8 Å². The summed E-state index contributed by atoms with van der Waals surface area (Å²) in [5.74, 6) is 0.878. The molecule has 0 radical (unpaired) electrons. The molecule has 1 amide bonds. The zero-order chi connectivity index (χ0) is 29.9. The van der Waals surface area contributed by atoms with Crippen molar-refractivity contribution < 1.29 is 23.8 Å². The molecule has 7 heteroatoms. The lowest BCUT2D eigenvalue weighted by Gasteiger charge is -2.17. The van der Waals surface area contributed by atoms with Gasteiger partial charge in [-0.05, 0) is 84.2 Å². The standard InChI is InChI=1S/C35H39NO5S/c1-4-5-12-27-21-32(26-13-7-6-8-14-26)41-33(27)23-40-22-25-16-17-29(30(20-25)28-15-10-9-11-24(28)2)34(37)36-31(35(38)39)18-19-42-3/h6-11,13-17,20-21,31H,4-5,12,18-19,22-23H2,1-3H3,(H,36,37)(H,38,39)/t31-/m0/s1. The Bertz CT molecular complexity index is 1480. The fraction of sp³-hybridized carbons (Fsp3) is 0.314. The summed E-state index contributed by atoms with van der Waals surface area (Å²) in [4.78, 5) is 25.1. The van der Waals surface area contributed by atoms with Crippen LogP contribution in [0.5, 0.6) is 0 Å². The van der Waals surface area contributed by atoms with Gasteiger partial charge in [-0.3, -0.25) is 4.79 Å². The molecule has 0 saturated carbocycles. The number of aliphatic carboxylic acids is 1. The van der Waals surface area contributed by atoms with Gasteiger partial charge in [0.2, 0.25) is 0 Å². The number of carbonyl (C=O) groups is 2. The molecule has 0 spiro atoms. The molecule has 4 aromatic rings. The number of thioether (sulfide) groups is 1. The average Bonchev–Trinajstić information content (AvgIpc) is 3.41. The number of amides is 1. The summed E-state index contributed by atoms with van der Waals surface area (Å²) < 4.78 is 12.4. The monoisotopic (exact) mass is 585 g/mol. The SMILES string of the molecule is CCCCc1cc(-c2ccccc2)oc1COCc1ccc(C(=O)N[C@@H](CCSC)C(=O)O)c(-c2ccccc2C)c1. The number of ether oxygens (including phenoxy) is 1. The predicted octanol–water partition coefficient (Wildman–Crippen LogP) is 7.92. The lowest BCUT2D eigenvalue weighted by Crippen LogP contribution is -2.41. The van der Waals surface area contributed by atoms with Crippen molar-refractivity contribution >= 4 is 23.6 Å². The molecule has 0 aliphatic carbocycles. The van der Waals surface area contributed by atoms with E-state index in [1.807, 2.05) is 79.9 Å². The van der Waals surface area contributed by atoms with Crippen molar-refractivity contribution in [2.75, 3.05) is 12.0 Å². The Hall–Kier alpha value is -3.81. The quantitative estimate of drug-likeness (QED) is 0.147. The third-order valence-corrected chi connectivity index (χ3v) is 7.88. The van der Waals surface area contributed by atoms with E-state index in [1.165, 1.54) is 0 Å². The molecular weight excluding hydrogens is 546 g/mol. The van der Waals surface area contributed by atoms with E-state index in [9.17, 15) is 14.7 Å². The number of carboxylic acid groups (broad SMARTS) is 1. The van der Waals surface area contributed by atoms with Crippen LogP contribution < -0.4 is 5.32 Å². The number of aryl methyl sites for hydroxylation is 2. The zero-order valence-corrected chi connectivity index (χ0v) is 25.3. The fourth-order valence-corrected chi connectivity index (χ4v) is 5.35. The maximum Gasteiger partial charge on any atom is 0.326 e. The maximum atomic E-state index is 13.4. The van der Waals surface area contributed by atoms with Gasteiger partial charge < -0.3 is 19.6 Å². The van der Waals surface area contributed by atoms with E-state index >= 15 is 0 Å². The van der Waals surface area contributed by atoms with Gasteiger partial charge in [0.15, 0.2) is 0 Å².